The van der Waals surface area contributed by atoms with Crippen molar-refractivity contribution in [3.63, 3.8) is 0 Å². The highest BCUT2D eigenvalue weighted by atomic mass is 32.1. The van der Waals surface area contributed by atoms with Crippen molar-refractivity contribution in [2.24, 2.45) is 0 Å². The van der Waals surface area contributed by atoms with Crippen LogP contribution in [-0.4, -0.2) is 9.97 Å². The van der Waals surface area contributed by atoms with Gasteiger partial charge in [0.2, 0.25) is 5.82 Å². The fourth-order valence-corrected chi connectivity index (χ4v) is 2.09. The number of alkyl halides is 3. The summed E-state index contributed by atoms with van der Waals surface area (Å²) < 4.78 is 37.5. The number of halogens is 3. The number of hydrogen-bond acceptors (Lipinski definition) is 4. The number of aryl methyl sites for hydroxylation is 1. The Hall–Kier alpha value is -1.63. The first kappa shape index (κ1) is 11.8. The smallest absolute Gasteiger partial charge is 0.384 e. The van der Waals surface area contributed by atoms with Crippen LogP contribution < -0.4 is 5.73 Å². The van der Waals surface area contributed by atoms with Gasteiger partial charge in [-0.2, -0.15) is 13.2 Å². The molecule has 2 heterocycles. The third-order valence-corrected chi connectivity index (χ3v) is 2.98. The molecule has 2 rings (SSSR count). The number of nitrogens with zero attached hydrogens (tertiary/aromatic N) is 2. The summed E-state index contributed by atoms with van der Waals surface area (Å²) in [5, 5.41) is 1.79. The van der Waals surface area contributed by atoms with Crippen LogP contribution in [0.4, 0.5) is 19.0 Å². The summed E-state index contributed by atoms with van der Waals surface area (Å²) >= 11 is 1.44. The normalized spacial score (nSPS) is 11.8. The predicted molar refractivity (Wildman–Crippen MR) is 59.5 cm³/mol. The van der Waals surface area contributed by atoms with Crippen LogP contribution in [-0.2, 0) is 6.18 Å². The van der Waals surface area contributed by atoms with Crippen LogP contribution in [0.2, 0.25) is 0 Å². The minimum absolute atomic E-state index is 0.187. The lowest BCUT2D eigenvalue weighted by Crippen LogP contribution is -2.13. The number of hydrogen-bond donors (Lipinski definition) is 1. The maximum absolute atomic E-state index is 12.5. The lowest BCUT2D eigenvalue weighted by atomic mass is 10.2. The minimum Gasteiger partial charge on any atom is -0.384 e. The van der Waals surface area contributed by atoms with Gasteiger partial charge in [-0.3, -0.25) is 0 Å². The largest absolute Gasteiger partial charge is 0.451 e. The fourth-order valence-electron chi connectivity index (χ4n) is 1.38. The summed E-state index contributed by atoms with van der Waals surface area (Å²) in [4.78, 5) is 7.57. The second-order valence-electron chi connectivity index (χ2n) is 3.39. The van der Waals surface area contributed by atoms with Crippen LogP contribution in [0, 0.1) is 6.92 Å². The van der Waals surface area contributed by atoms with Crippen LogP contribution in [0.25, 0.3) is 11.3 Å². The van der Waals surface area contributed by atoms with E-state index >= 15 is 0 Å². The first-order chi connectivity index (χ1) is 7.88. The van der Waals surface area contributed by atoms with E-state index in [1.807, 2.05) is 6.92 Å². The van der Waals surface area contributed by atoms with E-state index in [0.29, 0.717) is 5.56 Å². The van der Waals surface area contributed by atoms with Crippen molar-refractivity contribution in [3.8, 4) is 11.3 Å². The van der Waals surface area contributed by atoms with Crippen LogP contribution in [0.1, 0.15) is 10.7 Å². The summed E-state index contributed by atoms with van der Waals surface area (Å²) in [6.07, 6.45) is -4.59. The molecule has 0 amide bonds. The Morgan fingerprint density at radius 1 is 1.29 bits per heavy atom. The highest BCUT2D eigenvalue weighted by Crippen LogP contribution is 2.31. The number of nitrogen functional groups attached to an aromatic ring is 1. The molecule has 0 aliphatic heterocycles. The fraction of sp³-hybridized carbons (Fsp3) is 0.200. The Balaban J connectivity index is 2.57. The Kier molecular flexibility index (Phi) is 2.78. The topological polar surface area (TPSA) is 51.8 Å². The Labute approximate surface area is 99.1 Å². The number of rotatable bonds is 1. The molecule has 0 spiro atoms. The molecular formula is C10H8F3N3S. The van der Waals surface area contributed by atoms with E-state index in [1.54, 1.807) is 11.4 Å². The lowest BCUT2D eigenvalue weighted by Gasteiger charge is -2.08. The quantitative estimate of drug-likeness (QED) is 0.856. The zero-order valence-electron chi connectivity index (χ0n) is 8.75. The molecule has 2 aromatic heterocycles. The number of anilines is 1. The summed E-state index contributed by atoms with van der Waals surface area (Å²) in [5.41, 5.74) is 6.21. The zero-order chi connectivity index (χ0) is 12.6. The molecule has 7 heteroatoms. The molecule has 2 aromatic rings. The van der Waals surface area contributed by atoms with E-state index in [1.165, 1.54) is 17.4 Å². The summed E-state index contributed by atoms with van der Waals surface area (Å²) in [7, 11) is 0. The van der Waals surface area contributed by atoms with Gasteiger partial charge in [0.25, 0.3) is 0 Å². The highest BCUT2D eigenvalue weighted by Gasteiger charge is 2.35. The number of nitrogens with two attached hydrogens (primary N) is 1. The van der Waals surface area contributed by atoms with Gasteiger partial charge in [0.1, 0.15) is 5.82 Å². The van der Waals surface area contributed by atoms with Gasteiger partial charge in [-0.15, -0.1) is 11.3 Å². The standard InChI is InChI=1S/C10H8F3N3S/c1-5-6(2-3-17-5)7-4-8(14)16-9(15-7)10(11,12)13/h2-4H,1H3,(H2,14,15,16). The van der Waals surface area contributed by atoms with Crippen molar-refractivity contribution < 1.29 is 13.2 Å². The van der Waals surface area contributed by atoms with E-state index in [4.69, 9.17) is 5.73 Å². The second kappa shape index (κ2) is 3.99. The molecule has 0 saturated carbocycles. The Bertz CT molecular complexity index is 548. The van der Waals surface area contributed by atoms with Crippen molar-refractivity contribution in [3.05, 3.63) is 28.2 Å². The molecule has 3 nitrogen and oxygen atoms in total. The van der Waals surface area contributed by atoms with Crippen molar-refractivity contribution in [1.82, 2.24) is 9.97 Å². The molecule has 0 fully saturated rings. The molecule has 0 bridgehead atoms. The van der Waals surface area contributed by atoms with Gasteiger partial charge in [-0.05, 0) is 18.4 Å². The van der Waals surface area contributed by atoms with Gasteiger partial charge in [0.15, 0.2) is 0 Å². The molecular weight excluding hydrogens is 251 g/mol. The van der Waals surface area contributed by atoms with Crippen LogP contribution in [0.15, 0.2) is 17.5 Å². The highest BCUT2D eigenvalue weighted by molar-refractivity contribution is 7.10. The molecule has 0 unspecified atom stereocenters. The molecule has 0 atom stereocenters. The molecule has 2 N–H and O–H groups in total. The van der Waals surface area contributed by atoms with Crippen LogP contribution in [0.3, 0.4) is 0 Å². The maximum Gasteiger partial charge on any atom is 0.451 e. The van der Waals surface area contributed by atoms with E-state index in [2.05, 4.69) is 9.97 Å². The summed E-state index contributed by atoms with van der Waals surface area (Å²) in [5.74, 6) is -1.40. The summed E-state index contributed by atoms with van der Waals surface area (Å²) in [6.45, 7) is 1.81. The average molecular weight is 259 g/mol. The monoisotopic (exact) mass is 259 g/mol. The van der Waals surface area contributed by atoms with Crippen LogP contribution >= 0.6 is 11.3 Å². The van der Waals surface area contributed by atoms with Gasteiger partial charge < -0.3 is 5.73 Å². The molecule has 0 aliphatic rings. The van der Waals surface area contributed by atoms with E-state index in [0.717, 1.165) is 4.88 Å². The average Bonchev–Trinajstić information content (AvgIpc) is 2.62. The third kappa shape index (κ3) is 2.38. The number of thiophene rings is 1. The Morgan fingerprint density at radius 3 is 2.53 bits per heavy atom. The third-order valence-electron chi connectivity index (χ3n) is 2.13. The molecule has 17 heavy (non-hydrogen) atoms. The van der Waals surface area contributed by atoms with E-state index < -0.39 is 12.0 Å². The summed E-state index contributed by atoms with van der Waals surface area (Å²) in [6, 6.07) is 3.05. The first-order valence-corrected chi connectivity index (χ1v) is 5.52. The molecule has 0 aliphatic carbocycles. The van der Waals surface area contributed by atoms with Gasteiger partial charge in [0, 0.05) is 16.5 Å². The van der Waals surface area contributed by atoms with Crippen molar-refractivity contribution in [2.75, 3.05) is 5.73 Å². The maximum atomic E-state index is 12.5. The second-order valence-corrected chi connectivity index (χ2v) is 4.51. The molecule has 0 aromatic carbocycles. The lowest BCUT2D eigenvalue weighted by molar-refractivity contribution is -0.144. The number of aromatic nitrogens is 2. The van der Waals surface area contributed by atoms with Crippen molar-refractivity contribution >= 4 is 17.2 Å². The zero-order valence-corrected chi connectivity index (χ0v) is 9.56. The van der Waals surface area contributed by atoms with Gasteiger partial charge in [-0.25, -0.2) is 9.97 Å². The van der Waals surface area contributed by atoms with Crippen molar-refractivity contribution in [1.29, 1.82) is 0 Å². The van der Waals surface area contributed by atoms with E-state index in [-0.39, 0.29) is 11.5 Å². The van der Waals surface area contributed by atoms with Gasteiger partial charge >= 0.3 is 6.18 Å². The van der Waals surface area contributed by atoms with Crippen LogP contribution in [0.5, 0.6) is 0 Å². The van der Waals surface area contributed by atoms with Gasteiger partial charge in [-0.1, -0.05) is 0 Å². The SMILES string of the molecule is Cc1sccc1-c1cc(N)nc(C(F)(F)F)n1. The molecule has 90 valence electrons. The van der Waals surface area contributed by atoms with Crippen molar-refractivity contribution in [2.45, 2.75) is 13.1 Å². The predicted octanol–water partition coefficient (Wildman–Crippen LogP) is 3.11. The minimum atomic E-state index is -4.59. The first-order valence-electron chi connectivity index (χ1n) is 4.64. The van der Waals surface area contributed by atoms with Gasteiger partial charge in [0.05, 0.1) is 5.69 Å². The Morgan fingerprint density at radius 2 is 2.00 bits per heavy atom. The van der Waals surface area contributed by atoms with E-state index in [9.17, 15) is 13.2 Å². The molecule has 0 radical (unpaired) electrons. The molecule has 0 saturated heterocycles.